The van der Waals surface area contributed by atoms with Crippen molar-refractivity contribution in [2.75, 3.05) is 18.4 Å². The number of anilines is 1. The van der Waals surface area contributed by atoms with Gasteiger partial charge in [0.15, 0.2) is 0 Å². The van der Waals surface area contributed by atoms with Crippen LogP contribution >= 0.6 is 0 Å². The second-order valence-corrected chi connectivity index (χ2v) is 5.10. The van der Waals surface area contributed by atoms with Crippen LogP contribution in [0.1, 0.15) is 11.4 Å². The van der Waals surface area contributed by atoms with E-state index in [-0.39, 0.29) is 5.91 Å². The number of nitrogens with zero attached hydrogens (tertiary/aromatic N) is 4. The molecule has 0 aliphatic carbocycles. The van der Waals surface area contributed by atoms with Crippen LogP contribution in [-0.4, -0.2) is 38.7 Å². The second kappa shape index (κ2) is 6.02. The summed E-state index contributed by atoms with van der Waals surface area (Å²) >= 11 is 0. The highest BCUT2D eigenvalue weighted by Gasteiger charge is 2.19. The van der Waals surface area contributed by atoms with Crippen molar-refractivity contribution in [1.29, 1.82) is 0 Å². The third kappa shape index (κ3) is 3.26. The Morgan fingerprint density at radius 3 is 3.14 bits per heavy atom. The molecule has 3 rings (SSSR count). The van der Waals surface area contributed by atoms with Crippen LogP contribution in [0.3, 0.4) is 0 Å². The van der Waals surface area contributed by atoms with Crippen molar-refractivity contribution in [3.05, 3.63) is 42.0 Å². The van der Waals surface area contributed by atoms with Gasteiger partial charge in [0, 0.05) is 25.3 Å². The van der Waals surface area contributed by atoms with Crippen molar-refractivity contribution in [2.45, 2.75) is 19.6 Å². The Morgan fingerprint density at radius 2 is 2.29 bits per heavy atom. The van der Waals surface area contributed by atoms with Gasteiger partial charge in [0.1, 0.15) is 12.2 Å². The third-order valence-electron chi connectivity index (χ3n) is 3.53. The lowest BCUT2D eigenvalue weighted by atomic mass is 10.2. The van der Waals surface area contributed by atoms with Crippen molar-refractivity contribution >= 4 is 11.6 Å². The van der Waals surface area contributed by atoms with Gasteiger partial charge in [0.2, 0.25) is 5.91 Å². The number of rotatable bonds is 4. The molecule has 7 heteroatoms. The first-order valence-electron chi connectivity index (χ1n) is 6.92. The Kier molecular flexibility index (Phi) is 3.94. The topological polar surface area (TPSA) is 89.1 Å². The highest BCUT2D eigenvalue weighted by molar-refractivity contribution is 5.92. The average molecular weight is 286 g/mol. The Morgan fingerprint density at radius 1 is 1.38 bits per heavy atom. The van der Waals surface area contributed by atoms with Gasteiger partial charge < -0.3 is 15.6 Å². The van der Waals surface area contributed by atoms with E-state index >= 15 is 0 Å². The normalized spacial score (nSPS) is 14.7. The van der Waals surface area contributed by atoms with Crippen LogP contribution in [0.15, 0.2) is 30.6 Å². The summed E-state index contributed by atoms with van der Waals surface area (Å²) in [5.74, 6) is 0.872. The zero-order chi connectivity index (χ0) is 14.7. The molecule has 21 heavy (non-hydrogen) atoms. The number of fused-ring (bicyclic) bond motifs is 1. The van der Waals surface area contributed by atoms with Gasteiger partial charge in [-0.3, -0.25) is 9.69 Å². The van der Waals surface area contributed by atoms with Crippen LogP contribution in [0.5, 0.6) is 0 Å². The van der Waals surface area contributed by atoms with Crippen molar-refractivity contribution in [3.8, 4) is 0 Å². The SMILES string of the molecule is NCc1cccc(NC(=O)CN2CCn3cnnc3C2)c1. The molecule has 1 aromatic carbocycles. The summed E-state index contributed by atoms with van der Waals surface area (Å²) in [6, 6.07) is 7.59. The molecule has 2 heterocycles. The van der Waals surface area contributed by atoms with Crippen molar-refractivity contribution in [1.82, 2.24) is 19.7 Å². The molecule has 3 N–H and O–H groups in total. The van der Waals surface area contributed by atoms with Gasteiger partial charge >= 0.3 is 0 Å². The number of carbonyl (C=O) groups excluding carboxylic acids is 1. The smallest absolute Gasteiger partial charge is 0.238 e. The minimum Gasteiger partial charge on any atom is -0.326 e. The van der Waals surface area contributed by atoms with Gasteiger partial charge in [0.25, 0.3) is 0 Å². The molecule has 1 aliphatic heterocycles. The Hall–Kier alpha value is -2.25. The molecule has 0 unspecified atom stereocenters. The number of nitrogens with two attached hydrogens (primary N) is 1. The third-order valence-corrected chi connectivity index (χ3v) is 3.53. The van der Waals surface area contributed by atoms with Gasteiger partial charge in [0.05, 0.1) is 13.1 Å². The Bertz CT molecular complexity index is 638. The van der Waals surface area contributed by atoms with Crippen molar-refractivity contribution < 1.29 is 4.79 Å². The molecule has 1 aliphatic rings. The van der Waals surface area contributed by atoms with Gasteiger partial charge in [-0.15, -0.1) is 10.2 Å². The molecule has 0 saturated heterocycles. The molecule has 0 spiro atoms. The van der Waals surface area contributed by atoms with E-state index in [1.54, 1.807) is 6.33 Å². The quantitative estimate of drug-likeness (QED) is 0.837. The first-order valence-corrected chi connectivity index (χ1v) is 6.92. The predicted octanol–water partition coefficient (Wildman–Crippen LogP) is 0.191. The van der Waals surface area contributed by atoms with Crippen LogP contribution in [0, 0.1) is 0 Å². The summed E-state index contributed by atoms with van der Waals surface area (Å²) in [6.07, 6.45) is 1.73. The summed E-state index contributed by atoms with van der Waals surface area (Å²) in [4.78, 5) is 14.2. The first kappa shape index (κ1) is 13.7. The number of nitrogens with one attached hydrogen (secondary N) is 1. The molecule has 2 aromatic rings. The largest absolute Gasteiger partial charge is 0.326 e. The fraction of sp³-hybridized carbons (Fsp3) is 0.357. The predicted molar refractivity (Wildman–Crippen MR) is 78.3 cm³/mol. The zero-order valence-corrected chi connectivity index (χ0v) is 11.7. The van der Waals surface area contributed by atoms with Crippen LogP contribution in [-0.2, 0) is 24.4 Å². The number of carbonyl (C=O) groups is 1. The molecule has 0 atom stereocenters. The Balaban J connectivity index is 1.57. The Labute approximate surface area is 122 Å². The van der Waals surface area contributed by atoms with Gasteiger partial charge in [-0.2, -0.15) is 0 Å². The van der Waals surface area contributed by atoms with Gasteiger partial charge in [-0.05, 0) is 17.7 Å². The van der Waals surface area contributed by atoms with E-state index in [2.05, 4.69) is 20.4 Å². The van der Waals surface area contributed by atoms with E-state index in [0.717, 1.165) is 30.2 Å². The summed E-state index contributed by atoms with van der Waals surface area (Å²) in [5, 5.41) is 10.8. The van der Waals surface area contributed by atoms with E-state index in [1.807, 2.05) is 28.8 Å². The fourth-order valence-corrected chi connectivity index (χ4v) is 2.43. The maximum atomic E-state index is 12.1. The van der Waals surface area contributed by atoms with E-state index in [9.17, 15) is 4.79 Å². The highest BCUT2D eigenvalue weighted by Crippen LogP contribution is 2.12. The summed E-state index contributed by atoms with van der Waals surface area (Å²) in [7, 11) is 0. The molecule has 0 radical (unpaired) electrons. The van der Waals surface area contributed by atoms with E-state index in [0.29, 0.717) is 19.6 Å². The molecular formula is C14H18N6O. The summed E-state index contributed by atoms with van der Waals surface area (Å²) in [5.41, 5.74) is 7.38. The summed E-state index contributed by atoms with van der Waals surface area (Å²) in [6.45, 7) is 3.10. The number of benzene rings is 1. The van der Waals surface area contributed by atoms with Crippen molar-refractivity contribution in [2.24, 2.45) is 5.73 Å². The van der Waals surface area contributed by atoms with Crippen molar-refractivity contribution in [3.63, 3.8) is 0 Å². The molecule has 1 amide bonds. The number of hydrogen-bond donors (Lipinski definition) is 2. The highest BCUT2D eigenvalue weighted by atomic mass is 16.2. The van der Waals surface area contributed by atoms with E-state index in [4.69, 9.17) is 5.73 Å². The average Bonchev–Trinajstić information content (AvgIpc) is 2.95. The second-order valence-electron chi connectivity index (χ2n) is 5.10. The number of amides is 1. The monoisotopic (exact) mass is 286 g/mol. The maximum absolute atomic E-state index is 12.1. The molecule has 0 saturated carbocycles. The molecule has 0 bridgehead atoms. The minimum absolute atomic E-state index is 0.0304. The van der Waals surface area contributed by atoms with Gasteiger partial charge in [-0.1, -0.05) is 12.1 Å². The molecule has 7 nitrogen and oxygen atoms in total. The van der Waals surface area contributed by atoms with Crippen LogP contribution in [0.25, 0.3) is 0 Å². The number of hydrogen-bond acceptors (Lipinski definition) is 5. The molecule has 0 fully saturated rings. The number of aromatic nitrogens is 3. The lowest BCUT2D eigenvalue weighted by molar-refractivity contribution is -0.117. The molecule has 1 aromatic heterocycles. The van der Waals surface area contributed by atoms with Gasteiger partial charge in [-0.25, -0.2) is 0 Å². The van der Waals surface area contributed by atoms with E-state index < -0.39 is 0 Å². The standard InChI is InChI=1S/C14H18N6O/c15-7-11-2-1-3-12(6-11)17-14(21)9-19-4-5-20-10-16-18-13(20)8-19/h1-3,6,10H,4-5,7-9,15H2,(H,17,21). The molecular weight excluding hydrogens is 268 g/mol. The van der Waals surface area contributed by atoms with Crippen LogP contribution in [0.2, 0.25) is 0 Å². The maximum Gasteiger partial charge on any atom is 0.238 e. The lowest BCUT2D eigenvalue weighted by Gasteiger charge is -2.26. The zero-order valence-electron chi connectivity index (χ0n) is 11.7. The minimum atomic E-state index is -0.0304. The fourth-order valence-electron chi connectivity index (χ4n) is 2.43. The first-order chi connectivity index (χ1) is 10.2. The lowest BCUT2D eigenvalue weighted by Crippen LogP contribution is -2.39. The van der Waals surface area contributed by atoms with E-state index in [1.165, 1.54) is 0 Å². The van der Waals surface area contributed by atoms with Crippen LogP contribution < -0.4 is 11.1 Å². The molecule has 110 valence electrons. The van der Waals surface area contributed by atoms with Crippen LogP contribution in [0.4, 0.5) is 5.69 Å². The summed E-state index contributed by atoms with van der Waals surface area (Å²) < 4.78 is 2.01.